The highest BCUT2D eigenvalue weighted by Gasteiger charge is 2.48. The smallest absolute Gasteiger partial charge is 0.138 e. The zero-order chi connectivity index (χ0) is 18.0. The minimum atomic E-state index is -2.09. The van der Waals surface area contributed by atoms with E-state index in [1.54, 1.807) is 0 Å². The van der Waals surface area contributed by atoms with E-state index in [1.807, 2.05) is 0 Å². The van der Waals surface area contributed by atoms with Gasteiger partial charge in [0.15, 0.2) is 7.59 Å². The van der Waals surface area contributed by atoms with Crippen LogP contribution in [0.3, 0.4) is 0 Å². The van der Waals surface area contributed by atoms with Crippen molar-refractivity contribution in [2.45, 2.75) is 46.2 Å². The molecule has 0 saturated heterocycles. The van der Waals surface area contributed by atoms with Crippen LogP contribution in [0.2, 0.25) is 39.3 Å². The Morgan fingerprint density at radius 1 is 0.667 bits per heavy atom. The van der Waals surface area contributed by atoms with Crippen LogP contribution >= 0.6 is 0 Å². The third-order valence-electron chi connectivity index (χ3n) is 4.51. The fourth-order valence-electron chi connectivity index (χ4n) is 3.28. The molecule has 0 radical (unpaired) electrons. The van der Waals surface area contributed by atoms with Gasteiger partial charge in [0.25, 0.3) is 0 Å². The van der Waals surface area contributed by atoms with Gasteiger partial charge in [0.05, 0.1) is 7.59 Å². The van der Waals surface area contributed by atoms with E-state index >= 15 is 0 Å². The van der Waals surface area contributed by atoms with Crippen LogP contribution in [0.4, 0.5) is 0 Å². The van der Waals surface area contributed by atoms with Crippen molar-refractivity contribution < 1.29 is 0 Å². The average molecular weight is 367 g/mol. The van der Waals surface area contributed by atoms with Gasteiger partial charge < -0.3 is 0 Å². The van der Waals surface area contributed by atoms with Gasteiger partial charge in [0, 0.05) is 0 Å². The summed E-state index contributed by atoms with van der Waals surface area (Å²) in [6.07, 6.45) is 0. The molecule has 0 aliphatic heterocycles. The van der Waals surface area contributed by atoms with E-state index in [0.717, 1.165) is 0 Å². The molecule has 0 spiro atoms. The third kappa shape index (κ3) is 3.83. The Hall–Kier alpha value is -1.35. The number of aryl methyl sites for hydroxylation is 1. The molecule has 2 aromatic rings. The van der Waals surface area contributed by atoms with Crippen molar-refractivity contribution in [2.24, 2.45) is 0 Å². The van der Waals surface area contributed by atoms with Crippen LogP contribution < -0.4 is 10.4 Å². The molecular weight excluding hydrogens is 336 g/mol. The summed E-state index contributed by atoms with van der Waals surface area (Å²) in [7, 11) is -5.09. The van der Waals surface area contributed by atoms with Crippen LogP contribution in [0.5, 0.6) is 0 Å². The summed E-state index contributed by atoms with van der Waals surface area (Å²) in [6.45, 7) is 16.9. The molecule has 0 aliphatic rings. The topological polar surface area (TPSA) is 0 Å². The third-order valence-corrected chi connectivity index (χ3v) is 19.7. The van der Waals surface area contributed by atoms with E-state index in [9.17, 15) is 0 Å². The Labute approximate surface area is 151 Å². The lowest BCUT2D eigenvalue weighted by Crippen LogP contribution is -2.73. The molecule has 1 unspecified atom stereocenters. The molecule has 0 aromatic heterocycles. The molecule has 0 amide bonds. The molecule has 0 bridgehead atoms. The van der Waals surface area contributed by atoms with Gasteiger partial charge in [-0.05, 0) is 17.3 Å². The van der Waals surface area contributed by atoms with Crippen LogP contribution in [-0.4, -0.2) is 23.3 Å². The molecule has 2 aromatic carbocycles. The summed E-state index contributed by atoms with van der Waals surface area (Å²) in [5, 5.41) is 3.02. The summed E-state index contributed by atoms with van der Waals surface area (Å²) in [4.78, 5) is 0. The Balaban J connectivity index is 2.90. The van der Waals surface area contributed by atoms with E-state index in [2.05, 4.69) is 112 Å². The molecule has 0 nitrogen and oxygen atoms in total. The van der Waals surface area contributed by atoms with Gasteiger partial charge in [-0.15, -0.1) is 11.1 Å². The van der Waals surface area contributed by atoms with Crippen molar-refractivity contribution in [3.63, 3.8) is 0 Å². The van der Waals surface area contributed by atoms with Crippen LogP contribution in [0.15, 0.2) is 54.6 Å². The second-order valence-corrected chi connectivity index (χ2v) is 27.5. The summed E-state index contributed by atoms with van der Waals surface area (Å²) in [5.41, 5.74) is 9.18. The Morgan fingerprint density at radius 3 is 1.71 bits per heavy atom. The van der Waals surface area contributed by atoms with Crippen molar-refractivity contribution in [1.29, 1.82) is 0 Å². The highest BCUT2D eigenvalue weighted by atomic mass is 29.3. The van der Waals surface area contributed by atoms with Gasteiger partial charge in [-0.2, -0.15) is 0 Å². The number of hydrogen-bond donors (Lipinski definition) is 0. The normalized spacial score (nSPS) is 14.5. The van der Waals surface area contributed by atoms with Gasteiger partial charge in [0.1, 0.15) is 8.07 Å². The Morgan fingerprint density at radius 2 is 1.21 bits per heavy atom. The predicted molar refractivity (Wildman–Crippen MR) is 117 cm³/mol. The SMILES string of the molecule is Cc1ccccc1[Si](C#C[Si](C)(C)C)(c1ccccc1)[Si](C)(C)C. The van der Waals surface area contributed by atoms with Crippen molar-refractivity contribution in [3.8, 4) is 11.1 Å². The number of hydrogen-bond acceptors (Lipinski definition) is 0. The van der Waals surface area contributed by atoms with Gasteiger partial charge in [-0.3, -0.25) is 0 Å². The van der Waals surface area contributed by atoms with Crippen LogP contribution in [0, 0.1) is 18.0 Å². The second kappa shape index (κ2) is 6.87. The first kappa shape index (κ1) is 19.0. The fraction of sp³-hybridized carbons (Fsp3) is 0.333. The molecule has 126 valence electrons. The van der Waals surface area contributed by atoms with Crippen molar-refractivity contribution in [1.82, 2.24) is 0 Å². The predicted octanol–water partition coefficient (Wildman–Crippen LogP) is 4.39. The van der Waals surface area contributed by atoms with Crippen LogP contribution in [0.1, 0.15) is 5.56 Å². The maximum absolute atomic E-state index is 4.00. The second-order valence-electron chi connectivity index (χ2n) is 8.68. The lowest BCUT2D eigenvalue weighted by Gasteiger charge is -2.39. The largest absolute Gasteiger partial charge is 0.187 e. The summed E-state index contributed by atoms with van der Waals surface area (Å²) in [5.74, 6) is 0. The molecular formula is C21H30Si3. The number of rotatable bonds is 3. The summed E-state index contributed by atoms with van der Waals surface area (Å²) >= 11 is 0. The molecule has 1 atom stereocenters. The first-order valence-electron chi connectivity index (χ1n) is 8.74. The lowest BCUT2D eigenvalue weighted by molar-refractivity contribution is 1.51. The molecule has 24 heavy (non-hydrogen) atoms. The van der Waals surface area contributed by atoms with Crippen molar-refractivity contribution in [2.75, 3.05) is 0 Å². The average Bonchev–Trinajstić information content (AvgIpc) is 2.48. The molecule has 0 aliphatic carbocycles. The van der Waals surface area contributed by atoms with E-state index in [1.165, 1.54) is 15.9 Å². The highest BCUT2D eigenvalue weighted by Crippen LogP contribution is 2.21. The maximum atomic E-state index is 4.00. The molecule has 0 fully saturated rings. The quantitative estimate of drug-likeness (QED) is 0.558. The summed E-state index contributed by atoms with van der Waals surface area (Å²) < 4.78 is 0. The fourth-order valence-corrected chi connectivity index (χ4v) is 17.9. The van der Waals surface area contributed by atoms with E-state index < -0.39 is 23.3 Å². The molecule has 0 heterocycles. The standard InChI is InChI=1S/C21H30Si3/c1-19-13-11-12-16-21(19)24(23(5,6)7,18-17-22(2,3)4)20-14-9-8-10-15-20/h8-16H,1-7H3. The van der Waals surface area contributed by atoms with Crippen LogP contribution in [0.25, 0.3) is 0 Å². The first-order chi connectivity index (χ1) is 11.1. The molecule has 0 saturated carbocycles. The van der Waals surface area contributed by atoms with Gasteiger partial charge in [0.2, 0.25) is 0 Å². The Kier molecular flexibility index (Phi) is 5.44. The zero-order valence-corrected chi connectivity index (χ0v) is 19.2. The van der Waals surface area contributed by atoms with Crippen molar-refractivity contribution >= 4 is 33.6 Å². The van der Waals surface area contributed by atoms with Gasteiger partial charge in [-0.1, -0.05) is 99.4 Å². The number of benzene rings is 2. The summed E-state index contributed by atoms with van der Waals surface area (Å²) in [6, 6.07) is 20.1. The van der Waals surface area contributed by atoms with E-state index in [4.69, 9.17) is 0 Å². The molecule has 0 N–H and O–H groups in total. The minimum Gasteiger partial charge on any atom is -0.138 e. The monoisotopic (exact) mass is 366 g/mol. The minimum absolute atomic E-state index is 1.40. The van der Waals surface area contributed by atoms with Crippen LogP contribution in [-0.2, 0) is 0 Å². The Bertz CT molecular complexity index is 755. The highest BCUT2D eigenvalue weighted by molar-refractivity contribution is 7.54. The first-order valence-corrected chi connectivity index (χ1v) is 18.7. The maximum Gasteiger partial charge on any atom is 0.187 e. The van der Waals surface area contributed by atoms with Gasteiger partial charge >= 0.3 is 0 Å². The van der Waals surface area contributed by atoms with E-state index in [-0.39, 0.29) is 0 Å². The van der Waals surface area contributed by atoms with Gasteiger partial charge in [-0.25, -0.2) is 0 Å². The molecule has 2 rings (SSSR count). The lowest BCUT2D eigenvalue weighted by atomic mass is 10.2. The molecule has 3 heteroatoms. The zero-order valence-electron chi connectivity index (χ0n) is 16.2. The van der Waals surface area contributed by atoms with Crippen molar-refractivity contribution in [3.05, 3.63) is 60.2 Å². The van der Waals surface area contributed by atoms with E-state index in [0.29, 0.717) is 0 Å².